The molecule has 2 heterocycles. The van der Waals surface area contributed by atoms with Crippen LogP contribution in [0.15, 0.2) is 40.8 Å². The molecule has 4 heteroatoms. The van der Waals surface area contributed by atoms with Gasteiger partial charge >= 0.3 is 0 Å². The fourth-order valence-corrected chi connectivity index (χ4v) is 3.76. The lowest BCUT2D eigenvalue weighted by Gasteiger charge is -2.16. The van der Waals surface area contributed by atoms with E-state index >= 15 is 0 Å². The van der Waals surface area contributed by atoms with Gasteiger partial charge in [0.2, 0.25) is 5.91 Å². The van der Waals surface area contributed by atoms with Gasteiger partial charge in [-0.25, -0.2) is 0 Å². The molecule has 100 valence electrons. The SMILES string of the molecule is O=C(NCC1=CCNCC1)C1CSc2ccccc21. The number of carbonyl (C=O) groups excluding carboxylic acids is 1. The van der Waals surface area contributed by atoms with Gasteiger partial charge in [-0.1, -0.05) is 29.8 Å². The van der Waals surface area contributed by atoms with Crippen molar-refractivity contribution in [3.63, 3.8) is 0 Å². The molecule has 1 aromatic rings. The molecule has 1 aromatic carbocycles. The molecule has 0 saturated carbocycles. The lowest BCUT2D eigenvalue weighted by atomic mass is 10.0. The third kappa shape index (κ3) is 2.85. The van der Waals surface area contributed by atoms with Crippen LogP contribution in [-0.2, 0) is 4.79 Å². The van der Waals surface area contributed by atoms with Crippen LogP contribution in [0.4, 0.5) is 0 Å². The van der Waals surface area contributed by atoms with Gasteiger partial charge in [-0.2, -0.15) is 0 Å². The van der Waals surface area contributed by atoms with Gasteiger partial charge in [0, 0.05) is 23.7 Å². The van der Waals surface area contributed by atoms with Crippen LogP contribution >= 0.6 is 11.8 Å². The van der Waals surface area contributed by atoms with E-state index in [0.29, 0.717) is 6.54 Å². The minimum absolute atomic E-state index is 0.0171. The highest BCUT2D eigenvalue weighted by Crippen LogP contribution is 2.39. The third-order valence-electron chi connectivity index (χ3n) is 3.66. The zero-order valence-electron chi connectivity index (χ0n) is 10.8. The zero-order chi connectivity index (χ0) is 13.1. The molecule has 2 N–H and O–H groups in total. The molecule has 0 aromatic heterocycles. The first kappa shape index (κ1) is 12.8. The molecule has 0 fully saturated rings. The number of fused-ring (bicyclic) bond motifs is 1. The van der Waals surface area contributed by atoms with Crippen molar-refractivity contribution in [1.29, 1.82) is 0 Å². The van der Waals surface area contributed by atoms with Crippen LogP contribution in [0.3, 0.4) is 0 Å². The number of amides is 1. The molecule has 2 aliphatic heterocycles. The summed E-state index contributed by atoms with van der Waals surface area (Å²) >= 11 is 1.78. The first-order valence-corrected chi connectivity index (χ1v) is 7.71. The first-order valence-electron chi connectivity index (χ1n) is 6.72. The summed E-state index contributed by atoms with van der Waals surface area (Å²) in [7, 11) is 0. The van der Waals surface area contributed by atoms with Crippen LogP contribution in [-0.4, -0.2) is 31.3 Å². The van der Waals surface area contributed by atoms with Crippen LogP contribution in [0.25, 0.3) is 0 Å². The number of thioether (sulfide) groups is 1. The number of rotatable bonds is 3. The molecule has 0 radical (unpaired) electrons. The number of hydrogen-bond acceptors (Lipinski definition) is 3. The monoisotopic (exact) mass is 274 g/mol. The van der Waals surface area contributed by atoms with E-state index in [1.165, 1.54) is 16.0 Å². The summed E-state index contributed by atoms with van der Waals surface area (Å²) < 4.78 is 0. The second kappa shape index (κ2) is 5.80. The number of carbonyl (C=O) groups is 1. The summed E-state index contributed by atoms with van der Waals surface area (Å²) in [6, 6.07) is 8.22. The van der Waals surface area contributed by atoms with Gasteiger partial charge in [0.1, 0.15) is 0 Å². The molecule has 19 heavy (non-hydrogen) atoms. The Morgan fingerprint density at radius 1 is 1.42 bits per heavy atom. The topological polar surface area (TPSA) is 41.1 Å². The molecule has 3 nitrogen and oxygen atoms in total. The van der Waals surface area contributed by atoms with Crippen LogP contribution < -0.4 is 10.6 Å². The quantitative estimate of drug-likeness (QED) is 0.827. The molecule has 1 unspecified atom stereocenters. The highest BCUT2D eigenvalue weighted by atomic mass is 32.2. The van der Waals surface area contributed by atoms with Gasteiger partial charge in [0.05, 0.1) is 5.92 Å². The maximum atomic E-state index is 12.3. The van der Waals surface area contributed by atoms with Gasteiger partial charge < -0.3 is 10.6 Å². The summed E-state index contributed by atoms with van der Waals surface area (Å²) in [6.45, 7) is 2.64. The van der Waals surface area contributed by atoms with E-state index in [-0.39, 0.29) is 11.8 Å². The van der Waals surface area contributed by atoms with Crippen molar-refractivity contribution < 1.29 is 4.79 Å². The van der Waals surface area contributed by atoms with Gasteiger partial charge in [-0.05, 0) is 24.6 Å². The van der Waals surface area contributed by atoms with E-state index in [1.807, 2.05) is 12.1 Å². The number of hydrogen-bond donors (Lipinski definition) is 2. The number of benzene rings is 1. The molecule has 0 aliphatic carbocycles. The minimum atomic E-state index is 0.0171. The van der Waals surface area contributed by atoms with Crippen molar-refractivity contribution in [2.45, 2.75) is 17.2 Å². The van der Waals surface area contributed by atoms with Crippen LogP contribution in [0.5, 0.6) is 0 Å². The zero-order valence-corrected chi connectivity index (χ0v) is 11.6. The van der Waals surface area contributed by atoms with Gasteiger partial charge in [-0.3, -0.25) is 4.79 Å². The second-order valence-corrected chi connectivity index (χ2v) is 6.00. The van der Waals surface area contributed by atoms with E-state index < -0.39 is 0 Å². The first-order chi connectivity index (χ1) is 9.34. The van der Waals surface area contributed by atoms with E-state index in [4.69, 9.17) is 0 Å². The summed E-state index contributed by atoms with van der Waals surface area (Å²) in [6.07, 6.45) is 3.22. The average Bonchev–Trinajstić information content (AvgIpc) is 2.90. The van der Waals surface area contributed by atoms with E-state index in [1.54, 1.807) is 11.8 Å². The Hall–Kier alpha value is -1.26. The molecule has 1 atom stereocenters. The highest BCUT2D eigenvalue weighted by molar-refractivity contribution is 7.99. The Bertz CT molecular complexity index is 513. The molecule has 3 rings (SSSR count). The third-order valence-corrected chi connectivity index (χ3v) is 4.85. The van der Waals surface area contributed by atoms with Gasteiger partial charge in [-0.15, -0.1) is 11.8 Å². The van der Waals surface area contributed by atoms with Crippen molar-refractivity contribution in [1.82, 2.24) is 10.6 Å². The van der Waals surface area contributed by atoms with Crippen molar-refractivity contribution in [3.8, 4) is 0 Å². The molecule has 2 aliphatic rings. The Morgan fingerprint density at radius 3 is 3.16 bits per heavy atom. The van der Waals surface area contributed by atoms with Crippen LogP contribution in [0.1, 0.15) is 17.9 Å². The molecule has 1 amide bonds. The largest absolute Gasteiger partial charge is 0.352 e. The fraction of sp³-hybridized carbons (Fsp3) is 0.400. The van der Waals surface area contributed by atoms with Crippen LogP contribution in [0, 0.1) is 0 Å². The van der Waals surface area contributed by atoms with Crippen LogP contribution in [0.2, 0.25) is 0 Å². The predicted octanol–water partition coefficient (Wildman–Crippen LogP) is 1.91. The lowest BCUT2D eigenvalue weighted by molar-refractivity contribution is -0.121. The highest BCUT2D eigenvalue weighted by Gasteiger charge is 2.28. The molecule has 0 spiro atoms. The predicted molar refractivity (Wildman–Crippen MR) is 78.5 cm³/mol. The Kier molecular flexibility index (Phi) is 3.89. The molecule has 0 bridgehead atoms. The van der Waals surface area contributed by atoms with Crippen molar-refractivity contribution >= 4 is 17.7 Å². The molecule has 0 saturated heterocycles. The second-order valence-electron chi connectivity index (χ2n) is 4.94. The normalized spacial score (nSPS) is 21.7. The Labute approximate surface area is 117 Å². The summed E-state index contributed by atoms with van der Waals surface area (Å²) in [5, 5.41) is 6.36. The van der Waals surface area contributed by atoms with Crippen molar-refractivity contribution in [3.05, 3.63) is 41.5 Å². The minimum Gasteiger partial charge on any atom is -0.352 e. The maximum Gasteiger partial charge on any atom is 0.228 e. The van der Waals surface area contributed by atoms with E-state index in [9.17, 15) is 4.79 Å². The average molecular weight is 274 g/mol. The Morgan fingerprint density at radius 2 is 2.32 bits per heavy atom. The molecular formula is C15H18N2OS. The van der Waals surface area contributed by atoms with Crippen molar-refractivity contribution in [2.24, 2.45) is 0 Å². The van der Waals surface area contributed by atoms with E-state index in [0.717, 1.165) is 25.3 Å². The van der Waals surface area contributed by atoms with E-state index in [2.05, 4.69) is 28.8 Å². The number of nitrogens with one attached hydrogen (secondary N) is 2. The van der Waals surface area contributed by atoms with Crippen molar-refractivity contribution in [2.75, 3.05) is 25.4 Å². The smallest absolute Gasteiger partial charge is 0.228 e. The maximum absolute atomic E-state index is 12.3. The lowest BCUT2D eigenvalue weighted by Crippen LogP contribution is -2.33. The fourth-order valence-electron chi connectivity index (χ4n) is 2.53. The molecular weight excluding hydrogens is 256 g/mol. The van der Waals surface area contributed by atoms with Gasteiger partial charge in [0.15, 0.2) is 0 Å². The Balaban J connectivity index is 1.61. The van der Waals surface area contributed by atoms with Gasteiger partial charge in [0.25, 0.3) is 0 Å². The summed E-state index contributed by atoms with van der Waals surface area (Å²) in [5.74, 6) is 1.05. The summed E-state index contributed by atoms with van der Waals surface area (Å²) in [5.41, 5.74) is 2.52. The summed E-state index contributed by atoms with van der Waals surface area (Å²) in [4.78, 5) is 13.5. The standard InChI is InChI=1S/C15H18N2OS/c18-15(17-9-11-5-7-16-8-6-11)13-10-19-14-4-2-1-3-12(13)14/h1-5,13,16H,6-10H2,(H,17,18).